The predicted octanol–water partition coefficient (Wildman–Crippen LogP) is 2.42. The highest BCUT2D eigenvalue weighted by atomic mass is 16.5. The van der Waals surface area contributed by atoms with Crippen LogP contribution in [0.3, 0.4) is 0 Å². The smallest absolute Gasteiger partial charge is 0.230 e. The van der Waals surface area contributed by atoms with Crippen LogP contribution in [0.5, 0.6) is 0 Å². The molecule has 6 heteroatoms. The molecule has 0 aliphatic carbocycles. The van der Waals surface area contributed by atoms with Crippen molar-refractivity contribution in [3.8, 4) is 11.4 Å². The third kappa shape index (κ3) is 4.08. The van der Waals surface area contributed by atoms with Crippen LogP contribution in [0.15, 0.2) is 28.8 Å². The zero-order chi connectivity index (χ0) is 17.1. The lowest BCUT2D eigenvalue weighted by atomic mass is 9.93. The van der Waals surface area contributed by atoms with Gasteiger partial charge in [0.2, 0.25) is 11.7 Å². The minimum absolute atomic E-state index is 0.373. The molecule has 3 heterocycles. The topological polar surface area (TPSA) is 63.4 Å². The van der Waals surface area contributed by atoms with Crippen LogP contribution in [-0.4, -0.2) is 53.9 Å². The van der Waals surface area contributed by atoms with Crippen LogP contribution in [0, 0.1) is 0 Å². The molecule has 4 rings (SSSR count). The van der Waals surface area contributed by atoms with Gasteiger partial charge in [-0.15, -0.1) is 0 Å². The first kappa shape index (κ1) is 16.7. The number of rotatable bonds is 4. The Bertz CT molecular complexity index is 679. The number of nitrogens with one attached hydrogen (secondary N) is 1. The zero-order valence-electron chi connectivity index (χ0n) is 14.8. The molecule has 1 aromatic carbocycles. The van der Waals surface area contributed by atoms with Crippen LogP contribution in [-0.2, 0) is 11.3 Å². The van der Waals surface area contributed by atoms with E-state index < -0.39 is 0 Å². The molecule has 2 aliphatic rings. The molecular weight excluding hydrogens is 316 g/mol. The second kappa shape index (κ2) is 7.64. The maximum atomic E-state index is 5.55. The van der Waals surface area contributed by atoms with Crippen LogP contribution in [0.25, 0.3) is 11.4 Å². The zero-order valence-corrected chi connectivity index (χ0v) is 14.8. The molecule has 0 spiro atoms. The molecule has 25 heavy (non-hydrogen) atoms. The lowest BCUT2D eigenvalue weighted by molar-refractivity contribution is 0.0342. The highest BCUT2D eigenvalue weighted by Gasteiger charge is 2.25. The summed E-state index contributed by atoms with van der Waals surface area (Å²) in [6.07, 6.45) is 2.12. The molecule has 0 bridgehead atoms. The van der Waals surface area contributed by atoms with Gasteiger partial charge in [0.15, 0.2) is 0 Å². The van der Waals surface area contributed by atoms with E-state index in [2.05, 4.69) is 51.5 Å². The largest absolute Gasteiger partial charge is 0.379 e. The third-order valence-electron chi connectivity index (χ3n) is 5.14. The number of hydrogen-bond acceptors (Lipinski definition) is 6. The van der Waals surface area contributed by atoms with E-state index in [4.69, 9.17) is 9.26 Å². The summed E-state index contributed by atoms with van der Waals surface area (Å²) in [5.74, 6) is 1.85. The summed E-state index contributed by atoms with van der Waals surface area (Å²) >= 11 is 0. The molecule has 0 radical (unpaired) electrons. The molecular formula is C19H26N4O2. The fourth-order valence-corrected chi connectivity index (χ4v) is 3.65. The van der Waals surface area contributed by atoms with Crippen molar-refractivity contribution in [3.63, 3.8) is 0 Å². The van der Waals surface area contributed by atoms with Gasteiger partial charge in [0, 0.05) is 37.2 Å². The van der Waals surface area contributed by atoms with E-state index in [0.29, 0.717) is 17.8 Å². The first-order chi connectivity index (χ1) is 12.3. The molecule has 0 saturated carbocycles. The molecule has 1 N–H and O–H groups in total. The van der Waals surface area contributed by atoms with Crippen molar-refractivity contribution < 1.29 is 9.26 Å². The molecule has 0 amide bonds. The van der Waals surface area contributed by atoms with Gasteiger partial charge in [0.25, 0.3) is 0 Å². The standard InChI is InChI=1S/C19H26N4O2/c1-14-12-17(6-7-20-14)19-21-18(22-25-19)16-4-2-15(3-5-16)13-23-8-10-24-11-9-23/h2-5,14,17,20H,6-13H2,1H3/t14-,17-/m0/s1. The average molecular weight is 342 g/mol. The number of nitrogens with zero attached hydrogens (tertiary/aromatic N) is 3. The normalized spacial score (nSPS) is 25.2. The molecule has 2 aliphatic heterocycles. The highest BCUT2D eigenvalue weighted by molar-refractivity contribution is 5.54. The summed E-state index contributed by atoms with van der Waals surface area (Å²) < 4.78 is 10.9. The predicted molar refractivity (Wildman–Crippen MR) is 95.3 cm³/mol. The molecule has 1 aromatic heterocycles. The summed E-state index contributed by atoms with van der Waals surface area (Å²) in [7, 11) is 0. The number of benzene rings is 1. The Labute approximate surface area is 148 Å². The summed E-state index contributed by atoms with van der Waals surface area (Å²) in [5.41, 5.74) is 2.32. The lowest BCUT2D eigenvalue weighted by Gasteiger charge is -2.26. The van der Waals surface area contributed by atoms with Gasteiger partial charge < -0.3 is 14.6 Å². The van der Waals surface area contributed by atoms with Crippen molar-refractivity contribution in [2.75, 3.05) is 32.8 Å². The van der Waals surface area contributed by atoms with E-state index in [1.54, 1.807) is 0 Å². The molecule has 2 atom stereocenters. The Kier molecular flexibility index (Phi) is 5.10. The summed E-state index contributed by atoms with van der Waals surface area (Å²) in [5, 5.41) is 7.66. The molecule has 2 aromatic rings. The van der Waals surface area contributed by atoms with Gasteiger partial charge in [-0.3, -0.25) is 4.90 Å². The van der Waals surface area contributed by atoms with Crippen molar-refractivity contribution in [1.29, 1.82) is 0 Å². The van der Waals surface area contributed by atoms with Gasteiger partial charge in [-0.25, -0.2) is 0 Å². The second-order valence-electron chi connectivity index (χ2n) is 7.12. The minimum Gasteiger partial charge on any atom is -0.379 e. The Morgan fingerprint density at radius 1 is 1.20 bits per heavy atom. The van der Waals surface area contributed by atoms with Crippen LogP contribution in [0.1, 0.15) is 37.1 Å². The highest BCUT2D eigenvalue weighted by Crippen LogP contribution is 2.28. The number of ether oxygens (including phenoxy) is 1. The quantitative estimate of drug-likeness (QED) is 0.921. The fourth-order valence-electron chi connectivity index (χ4n) is 3.65. The lowest BCUT2D eigenvalue weighted by Crippen LogP contribution is -2.35. The Balaban J connectivity index is 1.41. The molecule has 0 unspecified atom stereocenters. The van der Waals surface area contributed by atoms with E-state index in [0.717, 1.165) is 63.7 Å². The summed E-state index contributed by atoms with van der Waals surface area (Å²) in [6.45, 7) is 7.86. The van der Waals surface area contributed by atoms with Gasteiger partial charge >= 0.3 is 0 Å². The number of morpholine rings is 1. The van der Waals surface area contributed by atoms with Crippen LogP contribution >= 0.6 is 0 Å². The van der Waals surface area contributed by atoms with Crippen LogP contribution in [0.2, 0.25) is 0 Å². The third-order valence-corrected chi connectivity index (χ3v) is 5.14. The number of piperidine rings is 1. The Morgan fingerprint density at radius 2 is 2.00 bits per heavy atom. The monoisotopic (exact) mass is 342 g/mol. The van der Waals surface area contributed by atoms with Crippen molar-refractivity contribution in [2.45, 2.75) is 38.3 Å². The number of aromatic nitrogens is 2. The van der Waals surface area contributed by atoms with E-state index in [9.17, 15) is 0 Å². The van der Waals surface area contributed by atoms with Crippen molar-refractivity contribution in [1.82, 2.24) is 20.4 Å². The first-order valence-electron chi connectivity index (χ1n) is 9.24. The number of hydrogen-bond donors (Lipinski definition) is 1. The average Bonchev–Trinajstić information content (AvgIpc) is 3.13. The Hall–Kier alpha value is -1.76. The van der Waals surface area contributed by atoms with Gasteiger partial charge in [-0.1, -0.05) is 29.4 Å². The second-order valence-corrected chi connectivity index (χ2v) is 7.12. The molecule has 2 saturated heterocycles. The van der Waals surface area contributed by atoms with Gasteiger partial charge in [0.1, 0.15) is 0 Å². The summed E-state index contributed by atoms with van der Waals surface area (Å²) in [6, 6.07) is 9.01. The van der Waals surface area contributed by atoms with E-state index in [1.165, 1.54) is 5.56 Å². The van der Waals surface area contributed by atoms with E-state index in [-0.39, 0.29) is 0 Å². The van der Waals surface area contributed by atoms with Crippen LogP contribution in [0.4, 0.5) is 0 Å². The maximum Gasteiger partial charge on any atom is 0.230 e. The fraction of sp³-hybridized carbons (Fsp3) is 0.579. The Morgan fingerprint density at radius 3 is 2.76 bits per heavy atom. The van der Waals surface area contributed by atoms with Crippen molar-refractivity contribution in [3.05, 3.63) is 35.7 Å². The molecule has 134 valence electrons. The SMILES string of the molecule is C[C@H]1C[C@@H](c2nc(-c3ccc(CN4CCOCC4)cc3)no2)CCN1. The van der Waals surface area contributed by atoms with Crippen molar-refractivity contribution in [2.24, 2.45) is 0 Å². The molecule has 2 fully saturated rings. The van der Waals surface area contributed by atoms with Crippen LogP contribution < -0.4 is 5.32 Å². The molecule has 6 nitrogen and oxygen atoms in total. The first-order valence-corrected chi connectivity index (χ1v) is 9.24. The van der Waals surface area contributed by atoms with Gasteiger partial charge in [0.05, 0.1) is 13.2 Å². The van der Waals surface area contributed by atoms with Crippen molar-refractivity contribution >= 4 is 0 Å². The summed E-state index contributed by atoms with van der Waals surface area (Å²) in [4.78, 5) is 7.07. The van der Waals surface area contributed by atoms with Gasteiger partial charge in [-0.2, -0.15) is 4.98 Å². The van der Waals surface area contributed by atoms with Gasteiger partial charge in [-0.05, 0) is 31.9 Å². The van der Waals surface area contributed by atoms with E-state index in [1.807, 2.05) is 0 Å². The minimum atomic E-state index is 0.373. The maximum absolute atomic E-state index is 5.55. The van der Waals surface area contributed by atoms with E-state index >= 15 is 0 Å².